The van der Waals surface area contributed by atoms with Gasteiger partial charge in [-0.25, -0.2) is 4.98 Å². The molecule has 5 rings (SSSR count). The van der Waals surface area contributed by atoms with Crippen LogP contribution in [0.15, 0.2) is 47.2 Å². The third-order valence-electron chi connectivity index (χ3n) is 4.55. The molecule has 0 fully saturated rings. The number of hydrogen-bond acceptors (Lipinski definition) is 2. The van der Waals surface area contributed by atoms with Gasteiger partial charge in [0.25, 0.3) is 0 Å². The summed E-state index contributed by atoms with van der Waals surface area (Å²) >= 11 is 0. The third-order valence-corrected chi connectivity index (χ3v) is 4.55. The number of quaternary nitrogens is 1. The summed E-state index contributed by atoms with van der Waals surface area (Å²) in [5.74, 6) is 0. The number of aryl methyl sites for hydroxylation is 1. The highest BCUT2D eigenvalue weighted by atomic mass is 15.0. The Morgan fingerprint density at radius 2 is 2.19 bits per heavy atom. The van der Waals surface area contributed by atoms with E-state index in [1.807, 2.05) is 12.3 Å². The lowest BCUT2D eigenvalue weighted by Crippen LogP contribution is -2.74. The van der Waals surface area contributed by atoms with Crippen molar-refractivity contribution >= 4 is 33.3 Å². The molecule has 102 valence electrons. The van der Waals surface area contributed by atoms with Crippen LogP contribution in [0.25, 0.3) is 21.9 Å². The van der Waals surface area contributed by atoms with Crippen LogP contribution in [0.3, 0.4) is 0 Å². The fraction of sp³-hybridized carbons (Fsp3) is 0.176. The fourth-order valence-electron chi connectivity index (χ4n) is 3.61. The maximum Gasteiger partial charge on any atom is 0.157 e. The number of aromatic nitrogens is 2. The van der Waals surface area contributed by atoms with Gasteiger partial charge in [-0.05, 0) is 36.8 Å². The van der Waals surface area contributed by atoms with E-state index in [0.29, 0.717) is 0 Å². The largest absolute Gasteiger partial charge is 0.328 e. The van der Waals surface area contributed by atoms with Crippen molar-refractivity contribution in [3.8, 4) is 0 Å². The molecule has 4 nitrogen and oxygen atoms in total. The summed E-state index contributed by atoms with van der Waals surface area (Å²) in [4.78, 5) is 9.26. The van der Waals surface area contributed by atoms with E-state index in [0.717, 1.165) is 18.6 Å². The number of nitrogens with zero attached hydrogens (tertiary/aromatic N) is 3. The minimum atomic E-state index is 0.904. The van der Waals surface area contributed by atoms with Gasteiger partial charge in [0.05, 0.1) is 16.5 Å². The minimum Gasteiger partial charge on any atom is -0.328 e. The lowest BCUT2D eigenvalue weighted by molar-refractivity contribution is -0.502. The maximum atomic E-state index is 4.72. The van der Waals surface area contributed by atoms with Crippen molar-refractivity contribution in [1.82, 2.24) is 9.55 Å². The number of hydrogen-bond donors (Lipinski definition) is 1. The molecule has 0 bridgehead atoms. The Morgan fingerprint density at radius 1 is 1.24 bits per heavy atom. The van der Waals surface area contributed by atoms with Gasteiger partial charge in [-0.3, -0.25) is 10.3 Å². The van der Waals surface area contributed by atoms with Crippen LogP contribution >= 0.6 is 0 Å². The van der Waals surface area contributed by atoms with Crippen molar-refractivity contribution in [3.05, 3.63) is 47.8 Å². The third kappa shape index (κ3) is 1.33. The van der Waals surface area contributed by atoms with Gasteiger partial charge in [0.2, 0.25) is 0 Å². The lowest BCUT2D eigenvalue weighted by Gasteiger charge is -2.02. The summed E-state index contributed by atoms with van der Waals surface area (Å²) in [7, 11) is 2.09. The molecule has 2 aromatic heterocycles. The summed E-state index contributed by atoms with van der Waals surface area (Å²) in [6.45, 7) is 0.904. The molecule has 4 heteroatoms. The molecule has 21 heavy (non-hydrogen) atoms. The highest BCUT2D eigenvalue weighted by molar-refractivity contribution is 6.23. The molecule has 1 aromatic carbocycles. The van der Waals surface area contributed by atoms with Gasteiger partial charge in [-0.15, -0.1) is 0 Å². The second-order valence-corrected chi connectivity index (χ2v) is 5.68. The summed E-state index contributed by atoms with van der Waals surface area (Å²) < 4.78 is 2.18. The summed E-state index contributed by atoms with van der Waals surface area (Å²) in [6.07, 6.45) is 5.21. The van der Waals surface area contributed by atoms with E-state index in [-0.39, 0.29) is 0 Å². The van der Waals surface area contributed by atoms with Crippen molar-refractivity contribution in [2.45, 2.75) is 6.42 Å². The summed E-state index contributed by atoms with van der Waals surface area (Å²) in [5.41, 5.74) is 7.30. The van der Waals surface area contributed by atoms with Crippen molar-refractivity contribution < 1.29 is 5.32 Å². The van der Waals surface area contributed by atoms with Crippen molar-refractivity contribution in [1.29, 1.82) is 0 Å². The predicted molar refractivity (Wildman–Crippen MR) is 83.9 cm³/mol. The Kier molecular flexibility index (Phi) is 2.03. The topological polar surface area (TPSA) is 46.8 Å². The number of fused-ring (bicyclic) bond motifs is 7. The van der Waals surface area contributed by atoms with Gasteiger partial charge in [-0.2, -0.15) is 0 Å². The average Bonchev–Trinajstić information content (AvgIpc) is 3.04. The van der Waals surface area contributed by atoms with E-state index in [1.54, 1.807) is 0 Å². The normalized spacial score (nSPS) is 16.8. The molecule has 0 saturated carbocycles. The van der Waals surface area contributed by atoms with Crippen LogP contribution < -0.4 is 5.32 Å². The van der Waals surface area contributed by atoms with E-state index in [9.17, 15) is 0 Å². The molecule has 0 aliphatic carbocycles. The van der Waals surface area contributed by atoms with E-state index >= 15 is 0 Å². The summed E-state index contributed by atoms with van der Waals surface area (Å²) in [6, 6.07) is 8.58. The van der Waals surface area contributed by atoms with Gasteiger partial charge < -0.3 is 4.57 Å². The van der Waals surface area contributed by atoms with Crippen molar-refractivity contribution in [3.63, 3.8) is 0 Å². The Morgan fingerprint density at radius 3 is 3.14 bits per heavy atom. The first kappa shape index (κ1) is 11.2. The second-order valence-electron chi connectivity index (χ2n) is 5.68. The van der Waals surface area contributed by atoms with Crippen LogP contribution in [-0.2, 0) is 7.05 Å². The molecule has 0 amide bonds. The van der Waals surface area contributed by atoms with Crippen molar-refractivity contribution in [2.75, 3.05) is 6.54 Å². The average molecular weight is 275 g/mol. The van der Waals surface area contributed by atoms with Gasteiger partial charge in [0.15, 0.2) is 11.4 Å². The Hall–Kier alpha value is -2.46. The van der Waals surface area contributed by atoms with Gasteiger partial charge in [0, 0.05) is 25.2 Å². The van der Waals surface area contributed by atoms with E-state index < -0.39 is 0 Å². The Balaban J connectivity index is 1.97. The zero-order chi connectivity index (χ0) is 14.0. The number of allylic oxidation sites excluding steroid dienone is 1. The van der Waals surface area contributed by atoms with Crippen LogP contribution in [0.1, 0.15) is 12.0 Å². The molecular weight excluding hydrogens is 260 g/mol. The molecule has 2 N–H and O–H groups in total. The molecule has 0 atom stereocenters. The van der Waals surface area contributed by atoms with E-state index in [1.165, 1.54) is 38.9 Å². The second kappa shape index (κ2) is 3.80. The predicted octanol–water partition coefficient (Wildman–Crippen LogP) is 2.01. The number of pyridine rings is 1. The van der Waals surface area contributed by atoms with Crippen LogP contribution in [0.4, 0.5) is 5.69 Å². The van der Waals surface area contributed by atoms with Crippen LogP contribution in [0.2, 0.25) is 0 Å². The molecule has 2 aliphatic rings. The molecular formula is C17H15N4+. The summed E-state index contributed by atoms with van der Waals surface area (Å²) in [5, 5.41) is 4.82. The number of rotatable bonds is 0. The number of dihydropyridines is 1. The maximum absolute atomic E-state index is 4.72. The first-order valence-corrected chi connectivity index (χ1v) is 7.31. The van der Waals surface area contributed by atoms with Gasteiger partial charge in [-0.1, -0.05) is 0 Å². The standard InChI is InChI=1S/C17H14N4/c1-21-13-7-6-11-15-12(5-3-8-18-15)20-16(11)14(13)10-4-2-9-19-17(10)21/h2,4-7,9,20H,3,8H2,1H3/p+1. The quantitative estimate of drug-likeness (QED) is 0.627. The zero-order valence-electron chi connectivity index (χ0n) is 11.8. The monoisotopic (exact) mass is 275 g/mol. The molecule has 4 heterocycles. The number of aliphatic imine (C=N–C) groups is 1. The minimum absolute atomic E-state index is 0.904. The molecule has 0 radical (unpaired) electrons. The number of nitrogens with two attached hydrogens (primary N) is 1. The number of benzene rings is 1. The SMILES string of the molecule is Cn1c2ccc3c(c2c2cccnc21)[NH2+]C1=CCCN=C13. The van der Waals surface area contributed by atoms with Crippen LogP contribution in [0.5, 0.6) is 0 Å². The van der Waals surface area contributed by atoms with E-state index in [2.05, 4.69) is 46.2 Å². The van der Waals surface area contributed by atoms with Crippen LogP contribution in [-0.4, -0.2) is 21.8 Å². The molecule has 0 spiro atoms. The fourth-order valence-corrected chi connectivity index (χ4v) is 3.61. The molecule has 0 saturated heterocycles. The zero-order valence-corrected chi connectivity index (χ0v) is 11.8. The molecule has 0 unspecified atom stereocenters. The smallest absolute Gasteiger partial charge is 0.157 e. The molecule has 2 aliphatic heterocycles. The molecule has 3 aromatic rings. The Labute approximate surface area is 121 Å². The van der Waals surface area contributed by atoms with Gasteiger partial charge in [0.1, 0.15) is 11.4 Å². The van der Waals surface area contributed by atoms with E-state index in [4.69, 9.17) is 4.99 Å². The van der Waals surface area contributed by atoms with Crippen LogP contribution in [0, 0.1) is 0 Å². The lowest BCUT2D eigenvalue weighted by atomic mass is 10.0. The first-order chi connectivity index (χ1) is 10.3. The van der Waals surface area contributed by atoms with Crippen molar-refractivity contribution in [2.24, 2.45) is 12.0 Å². The first-order valence-electron chi connectivity index (χ1n) is 7.31. The highest BCUT2D eigenvalue weighted by Gasteiger charge is 2.32. The van der Waals surface area contributed by atoms with Gasteiger partial charge >= 0.3 is 0 Å². The Bertz CT molecular complexity index is 975. The highest BCUT2D eigenvalue weighted by Crippen LogP contribution is 2.36.